The van der Waals surface area contributed by atoms with Gasteiger partial charge in [-0.05, 0) is 43.0 Å². The third kappa shape index (κ3) is 3.40. The second-order valence-electron chi connectivity index (χ2n) is 5.21. The first kappa shape index (κ1) is 13.6. The third-order valence-electron chi connectivity index (χ3n) is 3.65. The molecule has 0 spiro atoms. The van der Waals surface area contributed by atoms with E-state index in [0.717, 1.165) is 18.4 Å². The van der Waals surface area contributed by atoms with Crippen LogP contribution in [0.4, 0.5) is 0 Å². The van der Waals surface area contributed by atoms with E-state index in [-0.39, 0.29) is 12.0 Å². The summed E-state index contributed by atoms with van der Waals surface area (Å²) in [5.41, 5.74) is 1.57. The van der Waals surface area contributed by atoms with E-state index in [1.165, 1.54) is 6.42 Å². The maximum absolute atomic E-state index is 12.3. The van der Waals surface area contributed by atoms with E-state index in [1.54, 1.807) is 18.5 Å². The van der Waals surface area contributed by atoms with Crippen LogP contribution in [0.1, 0.15) is 35.2 Å². The van der Waals surface area contributed by atoms with Crippen LogP contribution in [0.25, 0.3) is 0 Å². The lowest BCUT2D eigenvalue weighted by Crippen LogP contribution is -2.27. The van der Waals surface area contributed by atoms with Crippen molar-refractivity contribution >= 4 is 5.91 Å². The number of para-hydroxylation sites is 1. The lowest BCUT2D eigenvalue weighted by molar-refractivity contribution is 0.0925. The Bertz CT molecular complexity index is 609. The fourth-order valence-electron chi connectivity index (χ4n) is 2.21. The number of hydrogen-bond donors (Lipinski definition) is 1. The zero-order chi connectivity index (χ0) is 14.5. The van der Waals surface area contributed by atoms with Gasteiger partial charge in [-0.2, -0.15) is 0 Å². The van der Waals surface area contributed by atoms with Gasteiger partial charge in [-0.1, -0.05) is 18.2 Å². The predicted octanol–water partition coefficient (Wildman–Crippen LogP) is 2.94. The third-order valence-corrected chi connectivity index (χ3v) is 3.65. The minimum atomic E-state index is -0.117. The van der Waals surface area contributed by atoms with Gasteiger partial charge in [-0.3, -0.25) is 9.78 Å². The molecule has 0 unspecified atom stereocenters. The second kappa shape index (κ2) is 6.39. The number of benzene rings is 1. The van der Waals surface area contributed by atoms with Gasteiger partial charge in [0, 0.05) is 18.9 Å². The van der Waals surface area contributed by atoms with Crippen molar-refractivity contribution in [3.8, 4) is 5.75 Å². The summed E-state index contributed by atoms with van der Waals surface area (Å²) in [7, 11) is 0. The molecule has 108 valence electrons. The molecule has 1 aliphatic rings. The van der Waals surface area contributed by atoms with Crippen LogP contribution in [0.15, 0.2) is 48.8 Å². The molecule has 1 heterocycles. The second-order valence-corrected chi connectivity index (χ2v) is 5.21. The largest absolute Gasteiger partial charge is 0.490 e. The van der Waals surface area contributed by atoms with Crippen molar-refractivity contribution in [2.75, 3.05) is 0 Å². The molecule has 21 heavy (non-hydrogen) atoms. The molecule has 1 aliphatic carbocycles. The molecule has 1 fully saturated rings. The summed E-state index contributed by atoms with van der Waals surface area (Å²) in [5.74, 6) is 0.555. The fourth-order valence-corrected chi connectivity index (χ4v) is 2.21. The van der Waals surface area contributed by atoms with Crippen molar-refractivity contribution in [2.45, 2.75) is 31.9 Å². The van der Waals surface area contributed by atoms with Crippen LogP contribution in [0.3, 0.4) is 0 Å². The van der Waals surface area contributed by atoms with E-state index < -0.39 is 0 Å². The molecule has 1 N–H and O–H groups in total. The molecule has 0 atom stereocenters. The molecule has 0 saturated heterocycles. The lowest BCUT2D eigenvalue weighted by Gasteiger charge is -2.27. The molecule has 4 nitrogen and oxygen atoms in total. The van der Waals surface area contributed by atoms with Crippen molar-refractivity contribution in [1.82, 2.24) is 10.3 Å². The van der Waals surface area contributed by atoms with Gasteiger partial charge < -0.3 is 10.1 Å². The van der Waals surface area contributed by atoms with Gasteiger partial charge in [-0.15, -0.1) is 0 Å². The van der Waals surface area contributed by atoms with Crippen molar-refractivity contribution in [3.05, 3.63) is 59.9 Å². The Morgan fingerprint density at radius 3 is 2.81 bits per heavy atom. The first-order chi connectivity index (χ1) is 10.3. The highest BCUT2D eigenvalue weighted by molar-refractivity contribution is 5.96. The quantitative estimate of drug-likeness (QED) is 0.917. The van der Waals surface area contributed by atoms with Gasteiger partial charge in [0.2, 0.25) is 0 Å². The number of rotatable bonds is 5. The van der Waals surface area contributed by atoms with Gasteiger partial charge in [0.1, 0.15) is 5.75 Å². The number of aromatic nitrogens is 1. The van der Waals surface area contributed by atoms with Gasteiger partial charge in [0.25, 0.3) is 5.91 Å². The Labute approximate surface area is 124 Å². The van der Waals surface area contributed by atoms with Gasteiger partial charge in [0.05, 0.1) is 11.7 Å². The zero-order valence-electron chi connectivity index (χ0n) is 11.8. The van der Waals surface area contributed by atoms with Crippen LogP contribution in [-0.2, 0) is 6.54 Å². The highest BCUT2D eigenvalue weighted by Crippen LogP contribution is 2.27. The van der Waals surface area contributed by atoms with Crippen molar-refractivity contribution < 1.29 is 9.53 Å². The Kier molecular flexibility index (Phi) is 4.15. The maximum Gasteiger partial charge on any atom is 0.255 e. The lowest BCUT2D eigenvalue weighted by atomic mass is 9.96. The summed E-state index contributed by atoms with van der Waals surface area (Å²) in [6, 6.07) is 11.2. The van der Waals surface area contributed by atoms with E-state index in [0.29, 0.717) is 17.9 Å². The molecule has 0 bridgehead atoms. The first-order valence-electron chi connectivity index (χ1n) is 7.26. The standard InChI is InChI=1S/C17H18N2O2/c20-17(19-12-13-5-4-10-18-11-13)15-8-1-2-9-16(15)21-14-6-3-7-14/h1-2,4-5,8-11,14H,3,6-7,12H2,(H,19,20). The molecule has 2 aromatic rings. The Hall–Kier alpha value is -2.36. The average Bonchev–Trinajstić information content (AvgIpc) is 2.50. The van der Waals surface area contributed by atoms with Gasteiger partial charge in [-0.25, -0.2) is 0 Å². The molecule has 3 rings (SSSR count). The van der Waals surface area contributed by atoms with Gasteiger partial charge in [0.15, 0.2) is 0 Å². The number of carbonyl (C=O) groups excluding carboxylic acids is 1. The molecular formula is C17H18N2O2. The first-order valence-corrected chi connectivity index (χ1v) is 7.26. The molecule has 1 amide bonds. The SMILES string of the molecule is O=C(NCc1cccnc1)c1ccccc1OC1CCC1. The topological polar surface area (TPSA) is 51.2 Å². The van der Waals surface area contributed by atoms with Gasteiger partial charge >= 0.3 is 0 Å². The van der Waals surface area contributed by atoms with Crippen molar-refractivity contribution in [2.24, 2.45) is 0 Å². The Balaban J connectivity index is 1.66. The monoisotopic (exact) mass is 282 g/mol. The van der Waals surface area contributed by atoms with Crippen LogP contribution in [0.2, 0.25) is 0 Å². The van der Waals surface area contributed by atoms with Crippen molar-refractivity contribution in [1.29, 1.82) is 0 Å². The Morgan fingerprint density at radius 1 is 1.24 bits per heavy atom. The van der Waals surface area contributed by atoms with Crippen LogP contribution in [0, 0.1) is 0 Å². The maximum atomic E-state index is 12.3. The summed E-state index contributed by atoms with van der Waals surface area (Å²) in [6.07, 6.45) is 7.08. The fraction of sp³-hybridized carbons (Fsp3) is 0.294. The number of carbonyl (C=O) groups is 1. The summed E-state index contributed by atoms with van der Waals surface area (Å²) >= 11 is 0. The summed E-state index contributed by atoms with van der Waals surface area (Å²) < 4.78 is 5.88. The van der Waals surface area contributed by atoms with Crippen LogP contribution >= 0.6 is 0 Å². The van der Waals surface area contributed by atoms with Crippen LogP contribution in [-0.4, -0.2) is 17.0 Å². The number of pyridine rings is 1. The van der Waals surface area contributed by atoms with Crippen LogP contribution in [0.5, 0.6) is 5.75 Å². The minimum absolute atomic E-state index is 0.117. The smallest absolute Gasteiger partial charge is 0.255 e. The molecule has 1 aromatic carbocycles. The summed E-state index contributed by atoms with van der Waals surface area (Å²) in [6.45, 7) is 0.463. The molecule has 0 radical (unpaired) electrons. The molecule has 0 aliphatic heterocycles. The number of nitrogens with zero attached hydrogens (tertiary/aromatic N) is 1. The molecule has 1 saturated carbocycles. The summed E-state index contributed by atoms with van der Waals surface area (Å²) in [4.78, 5) is 16.4. The van der Waals surface area contributed by atoms with E-state index >= 15 is 0 Å². The highest BCUT2D eigenvalue weighted by atomic mass is 16.5. The normalized spacial score (nSPS) is 14.3. The highest BCUT2D eigenvalue weighted by Gasteiger charge is 2.21. The van der Waals surface area contributed by atoms with E-state index in [1.807, 2.05) is 30.3 Å². The van der Waals surface area contributed by atoms with Crippen molar-refractivity contribution in [3.63, 3.8) is 0 Å². The molecular weight excluding hydrogens is 264 g/mol. The molecule has 4 heteroatoms. The average molecular weight is 282 g/mol. The van der Waals surface area contributed by atoms with E-state index in [9.17, 15) is 4.79 Å². The molecule has 1 aromatic heterocycles. The predicted molar refractivity (Wildman–Crippen MR) is 80.1 cm³/mol. The zero-order valence-corrected chi connectivity index (χ0v) is 11.8. The number of amides is 1. The number of nitrogens with one attached hydrogen (secondary N) is 1. The number of hydrogen-bond acceptors (Lipinski definition) is 3. The minimum Gasteiger partial charge on any atom is -0.490 e. The Morgan fingerprint density at radius 2 is 2.10 bits per heavy atom. The number of ether oxygens (including phenoxy) is 1. The summed E-state index contributed by atoms with van der Waals surface area (Å²) in [5, 5.41) is 2.91. The van der Waals surface area contributed by atoms with E-state index in [2.05, 4.69) is 10.3 Å². The van der Waals surface area contributed by atoms with Crippen LogP contribution < -0.4 is 10.1 Å². The van der Waals surface area contributed by atoms with E-state index in [4.69, 9.17) is 4.74 Å².